The highest BCUT2D eigenvalue weighted by molar-refractivity contribution is 5.86. The second kappa shape index (κ2) is 11.1. The van der Waals surface area contributed by atoms with E-state index >= 15 is 0 Å². The first-order chi connectivity index (χ1) is 17.5. The topological polar surface area (TPSA) is 85.4 Å². The molecule has 0 radical (unpaired) electrons. The van der Waals surface area contributed by atoms with Gasteiger partial charge in [0.2, 0.25) is 5.91 Å². The Labute approximate surface area is 215 Å². The molecule has 1 unspecified atom stereocenters. The lowest BCUT2D eigenvalue weighted by atomic mass is 9.81. The van der Waals surface area contributed by atoms with Crippen LogP contribution in [0.5, 0.6) is 0 Å². The summed E-state index contributed by atoms with van der Waals surface area (Å²) in [7, 11) is 0. The number of benzene rings is 2. The van der Waals surface area contributed by atoms with E-state index in [9.17, 15) is 10.1 Å². The van der Waals surface area contributed by atoms with E-state index < -0.39 is 11.6 Å². The highest BCUT2D eigenvalue weighted by atomic mass is 16.2. The molecule has 2 aliphatic carbocycles. The van der Waals surface area contributed by atoms with Crippen molar-refractivity contribution in [3.05, 3.63) is 59.7 Å². The molecule has 0 aromatic heterocycles. The van der Waals surface area contributed by atoms with Crippen molar-refractivity contribution in [2.75, 3.05) is 26.2 Å². The molecule has 36 heavy (non-hydrogen) atoms. The average molecular weight is 486 g/mol. The number of nitrogens with zero attached hydrogens (tertiary/aromatic N) is 3. The molecule has 2 aromatic rings. The molecule has 6 heteroatoms. The molecule has 2 aromatic carbocycles. The Bertz CT molecular complexity index is 1060. The maximum atomic E-state index is 12.7. The molecule has 3 fully saturated rings. The summed E-state index contributed by atoms with van der Waals surface area (Å²) in [5.74, 6) is -0.185. The second-order valence-electron chi connectivity index (χ2n) is 11.0. The third kappa shape index (κ3) is 6.15. The summed E-state index contributed by atoms with van der Waals surface area (Å²) in [5.41, 5.74) is 10.3. The molecule has 2 saturated carbocycles. The fourth-order valence-corrected chi connectivity index (χ4v) is 5.70. The Hall–Kier alpha value is -2.72. The zero-order valence-electron chi connectivity index (χ0n) is 21.3. The summed E-state index contributed by atoms with van der Waals surface area (Å²) in [6.07, 6.45) is 7.73. The predicted octanol–water partition coefficient (Wildman–Crippen LogP) is 3.85. The molecule has 1 saturated heterocycles. The van der Waals surface area contributed by atoms with Gasteiger partial charge in [-0.25, -0.2) is 0 Å². The van der Waals surface area contributed by atoms with Gasteiger partial charge in [-0.2, -0.15) is 5.26 Å². The monoisotopic (exact) mass is 485 g/mol. The van der Waals surface area contributed by atoms with E-state index in [0.29, 0.717) is 19.3 Å². The summed E-state index contributed by atoms with van der Waals surface area (Å²) in [6, 6.07) is 19.7. The summed E-state index contributed by atoms with van der Waals surface area (Å²) in [5, 5.41) is 12.5. The highest BCUT2D eigenvalue weighted by Gasteiger charge is 2.36. The molecular formula is C30H39N5O. The maximum absolute atomic E-state index is 12.7. The van der Waals surface area contributed by atoms with E-state index in [1.807, 2.05) is 0 Å². The van der Waals surface area contributed by atoms with E-state index in [0.717, 1.165) is 56.1 Å². The lowest BCUT2D eigenvalue weighted by molar-refractivity contribution is -0.127. The van der Waals surface area contributed by atoms with Gasteiger partial charge in [0.25, 0.3) is 0 Å². The van der Waals surface area contributed by atoms with Crippen LogP contribution in [0.3, 0.4) is 0 Å². The lowest BCUT2D eigenvalue weighted by Gasteiger charge is -2.34. The predicted molar refractivity (Wildman–Crippen MR) is 143 cm³/mol. The van der Waals surface area contributed by atoms with Crippen molar-refractivity contribution in [2.24, 2.45) is 5.73 Å². The van der Waals surface area contributed by atoms with Gasteiger partial charge < -0.3 is 11.1 Å². The summed E-state index contributed by atoms with van der Waals surface area (Å²) >= 11 is 0. The standard InChI is InChI=1S/C30H39N5O/c31-21-27(33-29(36)30(32)14-2-1-3-15-30)20-23-4-8-25(9-5-23)26-10-6-24(7-11-26)22-34-16-18-35(19-17-34)28-12-13-28/h4-11,27-28H,1-3,12-20,22,32H2,(H,33,36). The van der Waals surface area contributed by atoms with Crippen molar-refractivity contribution in [1.82, 2.24) is 15.1 Å². The van der Waals surface area contributed by atoms with Crippen LogP contribution in [-0.4, -0.2) is 59.5 Å². The Morgan fingerprint density at radius 1 is 0.944 bits per heavy atom. The summed E-state index contributed by atoms with van der Waals surface area (Å²) in [6.45, 7) is 5.76. The van der Waals surface area contributed by atoms with E-state index in [4.69, 9.17) is 5.73 Å². The molecular weight excluding hydrogens is 446 g/mol. The van der Waals surface area contributed by atoms with Crippen molar-refractivity contribution >= 4 is 5.91 Å². The number of nitriles is 1. The van der Waals surface area contributed by atoms with Crippen LogP contribution in [0.25, 0.3) is 11.1 Å². The molecule has 1 aliphatic heterocycles. The normalized spacial score (nSPS) is 21.4. The highest BCUT2D eigenvalue weighted by Crippen LogP contribution is 2.28. The van der Waals surface area contributed by atoms with Gasteiger partial charge in [0.1, 0.15) is 6.04 Å². The molecule has 1 heterocycles. The maximum Gasteiger partial charge on any atom is 0.241 e. The number of carbonyl (C=O) groups is 1. The first-order valence-corrected chi connectivity index (χ1v) is 13.7. The van der Waals surface area contributed by atoms with Crippen LogP contribution in [0.2, 0.25) is 0 Å². The van der Waals surface area contributed by atoms with Gasteiger partial charge in [-0.1, -0.05) is 67.8 Å². The molecule has 5 rings (SSSR count). The Kier molecular flexibility index (Phi) is 7.71. The molecule has 6 nitrogen and oxygen atoms in total. The number of nitrogens with one attached hydrogen (secondary N) is 1. The van der Waals surface area contributed by atoms with E-state index in [1.165, 1.54) is 37.1 Å². The molecule has 1 amide bonds. The van der Waals surface area contributed by atoms with Crippen molar-refractivity contribution in [1.29, 1.82) is 5.26 Å². The Morgan fingerprint density at radius 3 is 2.08 bits per heavy atom. The zero-order chi connectivity index (χ0) is 25.0. The summed E-state index contributed by atoms with van der Waals surface area (Å²) in [4.78, 5) is 17.9. The SMILES string of the molecule is N#CC(Cc1ccc(-c2ccc(CN3CCN(C4CC4)CC3)cc2)cc1)NC(=O)C1(N)CCCCC1. The largest absolute Gasteiger partial charge is 0.338 e. The average Bonchev–Trinajstić information content (AvgIpc) is 3.76. The Balaban J connectivity index is 1.13. The number of hydrogen-bond donors (Lipinski definition) is 2. The van der Waals surface area contributed by atoms with E-state index in [2.05, 4.69) is 69.7 Å². The van der Waals surface area contributed by atoms with Gasteiger partial charge in [0.15, 0.2) is 0 Å². The van der Waals surface area contributed by atoms with Crippen LogP contribution in [0.4, 0.5) is 0 Å². The number of carbonyl (C=O) groups excluding carboxylic acids is 1. The minimum Gasteiger partial charge on any atom is -0.338 e. The first kappa shape index (κ1) is 25.0. The van der Waals surface area contributed by atoms with Gasteiger partial charge in [-0.3, -0.25) is 14.6 Å². The van der Waals surface area contributed by atoms with Gasteiger partial charge in [-0.15, -0.1) is 0 Å². The van der Waals surface area contributed by atoms with Crippen LogP contribution in [0.1, 0.15) is 56.1 Å². The molecule has 0 bridgehead atoms. The van der Waals surface area contributed by atoms with Crippen molar-refractivity contribution < 1.29 is 4.79 Å². The van der Waals surface area contributed by atoms with E-state index in [1.54, 1.807) is 0 Å². The molecule has 190 valence electrons. The van der Waals surface area contributed by atoms with Crippen molar-refractivity contribution in [3.8, 4) is 17.2 Å². The third-order valence-electron chi connectivity index (χ3n) is 8.22. The number of piperazine rings is 1. The first-order valence-electron chi connectivity index (χ1n) is 13.7. The van der Waals surface area contributed by atoms with Gasteiger partial charge in [-0.05, 0) is 47.9 Å². The minimum atomic E-state index is -0.825. The third-order valence-corrected chi connectivity index (χ3v) is 8.22. The number of amides is 1. The van der Waals surface area contributed by atoms with Crippen LogP contribution in [0, 0.1) is 11.3 Å². The fraction of sp³-hybridized carbons (Fsp3) is 0.533. The van der Waals surface area contributed by atoms with Crippen molar-refractivity contribution in [3.63, 3.8) is 0 Å². The summed E-state index contributed by atoms with van der Waals surface area (Å²) < 4.78 is 0. The Morgan fingerprint density at radius 2 is 1.53 bits per heavy atom. The van der Waals surface area contributed by atoms with Gasteiger partial charge >= 0.3 is 0 Å². The second-order valence-corrected chi connectivity index (χ2v) is 11.0. The zero-order valence-corrected chi connectivity index (χ0v) is 21.3. The molecule has 0 spiro atoms. The van der Waals surface area contributed by atoms with Crippen LogP contribution < -0.4 is 11.1 Å². The van der Waals surface area contributed by atoms with Gasteiger partial charge in [0, 0.05) is 45.2 Å². The fourth-order valence-electron chi connectivity index (χ4n) is 5.70. The lowest BCUT2D eigenvalue weighted by Crippen LogP contribution is -2.57. The molecule has 3 aliphatic rings. The number of hydrogen-bond acceptors (Lipinski definition) is 5. The quantitative estimate of drug-likeness (QED) is 0.593. The van der Waals surface area contributed by atoms with Crippen LogP contribution >= 0.6 is 0 Å². The van der Waals surface area contributed by atoms with Crippen LogP contribution in [-0.2, 0) is 17.8 Å². The van der Waals surface area contributed by atoms with Crippen LogP contribution in [0.15, 0.2) is 48.5 Å². The molecule has 1 atom stereocenters. The van der Waals surface area contributed by atoms with E-state index in [-0.39, 0.29) is 5.91 Å². The number of nitrogens with two attached hydrogens (primary N) is 1. The molecule has 3 N–H and O–H groups in total. The van der Waals surface area contributed by atoms with Crippen molar-refractivity contribution in [2.45, 2.75) is 75.5 Å². The smallest absolute Gasteiger partial charge is 0.241 e. The minimum absolute atomic E-state index is 0.185. The number of rotatable bonds is 8. The van der Waals surface area contributed by atoms with Gasteiger partial charge in [0.05, 0.1) is 11.6 Å².